The highest BCUT2D eigenvalue weighted by atomic mass is 32.2. The van der Waals surface area contributed by atoms with Crippen molar-refractivity contribution in [3.05, 3.63) is 0 Å². The SMILES string of the molecule is CC(=O)NCCS(=O)(=O)N1CCN(C(=O)OC(C)(C)C)[C@@H](C(=O)NOC(C)(C)C)C1. The summed E-state index contributed by atoms with van der Waals surface area (Å²) in [4.78, 5) is 42.8. The summed E-state index contributed by atoms with van der Waals surface area (Å²) in [6, 6.07) is -1.13. The topological polar surface area (TPSA) is 134 Å². The van der Waals surface area contributed by atoms with Gasteiger partial charge in [-0.15, -0.1) is 0 Å². The van der Waals surface area contributed by atoms with E-state index in [0.717, 1.165) is 4.31 Å². The van der Waals surface area contributed by atoms with Gasteiger partial charge >= 0.3 is 6.09 Å². The molecule has 0 aromatic carbocycles. The average molecular weight is 451 g/mol. The van der Waals surface area contributed by atoms with Crippen LogP contribution in [0.1, 0.15) is 48.5 Å². The number of amides is 3. The number of hydroxylamine groups is 1. The largest absolute Gasteiger partial charge is 0.444 e. The first-order valence-corrected chi connectivity index (χ1v) is 11.3. The van der Waals surface area contributed by atoms with Crippen LogP contribution < -0.4 is 10.8 Å². The van der Waals surface area contributed by atoms with Crippen molar-refractivity contribution in [1.82, 2.24) is 20.0 Å². The second kappa shape index (κ2) is 9.92. The molecule has 0 radical (unpaired) electrons. The number of hydrogen-bond donors (Lipinski definition) is 2. The first-order valence-electron chi connectivity index (χ1n) is 9.71. The first kappa shape index (κ1) is 26.1. The van der Waals surface area contributed by atoms with Crippen molar-refractivity contribution in [3.63, 3.8) is 0 Å². The van der Waals surface area contributed by atoms with E-state index in [-0.39, 0.29) is 37.8 Å². The molecule has 0 aromatic rings. The number of sulfonamides is 1. The van der Waals surface area contributed by atoms with Crippen molar-refractivity contribution in [3.8, 4) is 0 Å². The predicted octanol–water partition coefficient (Wildman–Crippen LogP) is 0.220. The van der Waals surface area contributed by atoms with Crippen molar-refractivity contribution < 1.29 is 32.4 Å². The third-order valence-electron chi connectivity index (χ3n) is 3.86. The summed E-state index contributed by atoms with van der Waals surface area (Å²) in [7, 11) is -3.75. The third-order valence-corrected chi connectivity index (χ3v) is 5.70. The fraction of sp³-hybridized carbons (Fsp3) is 0.833. The summed E-state index contributed by atoms with van der Waals surface area (Å²) >= 11 is 0. The number of rotatable bonds is 6. The molecule has 2 N–H and O–H groups in total. The molecule has 174 valence electrons. The minimum absolute atomic E-state index is 0.00551. The van der Waals surface area contributed by atoms with Crippen LogP contribution in [0.4, 0.5) is 4.79 Å². The second-order valence-electron chi connectivity index (χ2n) is 9.03. The summed E-state index contributed by atoms with van der Waals surface area (Å²) in [5.41, 5.74) is 0.852. The summed E-state index contributed by atoms with van der Waals surface area (Å²) in [5, 5.41) is 2.44. The van der Waals surface area contributed by atoms with E-state index in [9.17, 15) is 22.8 Å². The molecule has 1 aliphatic rings. The van der Waals surface area contributed by atoms with E-state index in [0.29, 0.717) is 0 Å². The van der Waals surface area contributed by atoms with Gasteiger partial charge in [-0.3, -0.25) is 19.3 Å². The highest BCUT2D eigenvalue weighted by molar-refractivity contribution is 7.89. The van der Waals surface area contributed by atoms with Gasteiger partial charge in [0.15, 0.2) is 0 Å². The Hall–Kier alpha value is -1.92. The summed E-state index contributed by atoms with van der Waals surface area (Å²) in [5.74, 6) is -1.31. The smallest absolute Gasteiger partial charge is 0.411 e. The maximum absolute atomic E-state index is 12.7. The molecule has 0 unspecified atom stereocenters. The number of nitrogens with one attached hydrogen (secondary N) is 2. The molecule has 0 aliphatic carbocycles. The van der Waals surface area contributed by atoms with Crippen LogP contribution in [0, 0.1) is 0 Å². The Morgan fingerprint density at radius 3 is 2.13 bits per heavy atom. The van der Waals surface area contributed by atoms with Crippen LogP contribution in [0.15, 0.2) is 0 Å². The molecular weight excluding hydrogens is 416 g/mol. The van der Waals surface area contributed by atoms with Gasteiger partial charge in [-0.05, 0) is 41.5 Å². The number of hydrogen-bond acceptors (Lipinski definition) is 7. The Kier molecular flexibility index (Phi) is 8.64. The molecule has 1 fully saturated rings. The normalized spacial score (nSPS) is 18.6. The van der Waals surface area contributed by atoms with Crippen molar-refractivity contribution in [2.24, 2.45) is 0 Å². The summed E-state index contributed by atoms with van der Waals surface area (Å²) < 4.78 is 31.8. The van der Waals surface area contributed by atoms with Gasteiger partial charge in [0.2, 0.25) is 15.9 Å². The molecule has 1 saturated heterocycles. The Balaban J connectivity index is 2.99. The minimum atomic E-state index is -3.75. The lowest BCUT2D eigenvalue weighted by Crippen LogP contribution is -2.62. The molecule has 0 aromatic heterocycles. The quantitative estimate of drug-likeness (QED) is 0.553. The highest BCUT2D eigenvalue weighted by Gasteiger charge is 2.41. The zero-order chi connectivity index (χ0) is 23.3. The van der Waals surface area contributed by atoms with Gasteiger partial charge in [-0.1, -0.05) is 0 Å². The number of carbonyl (C=O) groups excluding carboxylic acids is 3. The van der Waals surface area contributed by atoms with E-state index in [1.54, 1.807) is 41.5 Å². The maximum atomic E-state index is 12.7. The zero-order valence-corrected chi connectivity index (χ0v) is 19.6. The first-order chi connectivity index (χ1) is 13.5. The predicted molar refractivity (Wildman–Crippen MR) is 110 cm³/mol. The Labute approximate surface area is 178 Å². The molecule has 1 atom stereocenters. The summed E-state index contributed by atoms with van der Waals surface area (Å²) in [6.07, 6.45) is -0.714. The lowest BCUT2D eigenvalue weighted by atomic mass is 10.2. The average Bonchev–Trinajstić information content (AvgIpc) is 2.56. The Morgan fingerprint density at radius 2 is 1.63 bits per heavy atom. The van der Waals surface area contributed by atoms with E-state index >= 15 is 0 Å². The fourth-order valence-electron chi connectivity index (χ4n) is 2.53. The van der Waals surface area contributed by atoms with Gasteiger partial charge in [0.25, 0.3) is 5.91 Å². The van der Waals surface area contributed by atoms with Crippen LogP contribution in [0.2, 0.25) is 0 Å². The molecule has 1 aliphatic heterocycles. The van der Waals surface area contributed by atoms with Crippen molar-refractivity contribution >= 4 is 27.9 Å². The molecule has 3 amide bonds. The molecule has 0 saturated carbocycles. The standard InChI is InChI=1S/C18H34N4O7S/c1-13(23)19-8-11-30(26,27)21-9-10-22(16(25)28-17(2,3)4)14(12-21)15(24)20-29-18(5,6)7/h14H,8-12H2,1-7H3,(H,19,23)(H,20,24)/t14-/m1/s1. The molecule has 1 heterocycles. The molecule has 12 heteroatoms. The highest BCUT2D eigenvalue weighted by Crippen LogP contribution is 2.19. The molecule has 1 rings (SSSR count). The van der Waals surface area contributed by atoms with E-state index < -0.39 is 39.3 Å². The second-order valence-corrected chi connectivity index (χ2v) is 11.1. The number of piperazine rings is 1. The van der Waals surface area contributed by atoms with E-state index in [4.69, 9.17) is 9.57 Å². The monoisotopic (exact) mass is 450 g/mol. The zero-order valence-electron chi connectivity index (χ0n) is 18.8. The molecular formula is C18H34N4O7S. The number of ether oxygens (including phenoxy) is 1. The van der Waals surface area contributed by atoms with Crippen LogP contribution in [0.25, 0.3) is 0 Å². The van der Waals surface area contributed by atoms with Gasteiger partial charge in [-0.25, -0.2) is 18.7 Å². The van der Waals surface area contributed by atoms with E-state index in [1.807, 2.05) is 0 Å². The van der Waals surface area contributed by atoms with Crippen molar-refractivity contribution in [2.45, 2.75) is 65.7 Å². The van der Waals surface area contributed by atoms with E-state index in [2.05, 4.69) is 10.8 Å². The molecule has 11 nitrogen and oxygen atoms in total. The number of nitrogens with zero attached hydrogens (tertiary/aromatic N) is 2. The van der Waals surface area contributed by atoms with E-state index in [1.165, 1.54) is 11.8 Å². The molecule has 30 heavy (non-hydrogen) atoms. The van der Waals surface area contributed by atoms with Gasteiger partial charge in [0, 0.05) is 33.1 Å². The Bertz CT molecular complexity index is 741. The summed E-state index contributed by atoms with van der Waals surface area (Å²) in [6.45, 7) is 11.3. The van der Waals surface area contributed by atoms with Crippen molar-refractivity contribution in [2.75, 3.05) is 31.9 Å². The lowest BCUT2D eigenvalue weighted by molar-refractivity contribution is -0.152. The Morgan fingerprint density at radius 1 is 1.03 bits per heavy atom. The molecule has 0 spiro atoms. The van der Waals surface area contributed by atoms with Crippen LogP contribution in [0.5, 0.6) is 0 Å². The maximum Gasteiger partial charge on any atom is 0.411 e. The van der Waals surface area contributed by atoms with Gasteiger partial charge in [0.05, 0.1) is 11.4 Å². The lowest BCUT2D eigenvalue weighted by Gasteiger charge is -2.40. The van der Waals surface area contributed by atoms with Gasteiger partial charge in [0.1, 0.15) is 11.6 Å². The minimum Gasteiger partial charge on any atom is -0.444 e. The van der Waals surface area contributed by atoms with Gasteiger partial charge in [-0.2, -0.15) is 4.31 Å². The van der Waals surface area contributed by atoms with Crippen LogP contribution >= 0.6 is 0 Å². The number of carbonyl (C=O) groups is 3. The molecule has 0 bridgehead atoms. The fourth-order valence-corrected chi connectivity index (χ4v) is 3.88. The van der Waals surface area contributed by atoms with Crippen LogP contribution in [-0.4, -0.2) is 84.7 Å². The third kappa shape index (κ3) is 8.84. The van der Waals surface area contributed by atoms with Crippen molar-refractivity contribution in [1.29, 1.82) is 0 Å². The van der Waals surface area contributed by atoms with Gasteiger partial charge < -0.3 is 10.1 Å². The van der Waals surface area contributed by atoms with Crippen LogP contribution in [0.3, 0.4) is 0 Å². The van der Waals surface area contributed by atoms with Crippen LogP contribution in [-0.2, 0) is 29.2 Å².